The number of nitrogens with one attached hydrogen (secondary N) is 1. The number of carbonyl (C=O) groups excluding carboxylic acids is 1. The summed E-state index contributed by atoms with van der Waals surface area (Å²) in [6.45, 7) is 1.32. The van der Waals surface area contributed by atoms with Crippen molar-refractivity contribution in [1.82, 2.24) is 14.9 Å². The Morgan fingerprint density at radius 1 is 1.07 bits per heavy atom. The van der Waals surface area contributed by atoms with E-state index in [-0.39, 0.29) is 5.91 Å². The van der Waals surface area contributed by atoms with Crippen LogP contribution in [0.2, 0.25) is 0 Å². The largest absolute Gasteiger partial charge is 0.351 e. The summed E-state index contributed by atoms with van der Waals surface area (Å²) in [5.41, 5.74) is 4.04. The Balaban J connectivity index is 1.37. The molecule has 0 unspecified atom stereocenters. The number of imidazole rings is 1. The van der Waals surface area contributed by atoms with Crippen LogP contribution in [-0.4, -0.2) is 21.2 Å². The Kier molecular flexibility index (Phi) is 6.66. The molecule has 0 radical (unpaired) electrons. The Morgan fingerprint density at radius 2 is 1.78 bits per heavy atom. The molecule has 0 aliphatic rings. The molecule has 5 nitrogen and oxygen atoms in total. The van der Waals surface area contributed by atoms with Crippen molar-refractivity contribution in [3.63, 3.8) is 0 Å². The van der Waals surface area contributed by atoms with Gasteiger partial charge < -0.3 is 9.88 Å². The number of carbonyl (C=O) groups is 1. The number of rotatable bonds is 8. The second-order valence-electron chi connectivity index (χ2n) is 6.13. The smallest absolute Gasteiger partial charge is 0.230 e. The molecule has 3 rings (SSSR count). The summed E-state index contributed by atoms with van der Waals surface area (Å²) in [6.07, 6.45) is 5.50. The fourth-order valence-corrected chi connectivity index (χ4v) is 3.36. The third kappa shape index (κ3) is 6.01. The first-order valence-corrected chi connectivity index (χ1v) is 9.75. The van der Waals surface area contributed by atoms with Gasteiger partial charge in [0.2, 0.25) is 5.91 Å². The normalized spacial score (nSPS) is 10.3. The minimum Gasteiger partial charge on any atom is -0.351 e. The van der Waals surface area contributed by atoms with Crippen molar-refractivity contribution in [3.8, 4) is 6.07 Å². The van der Waals surface area contributed by atoms with Crippen molar-refractivity contribution >= 4 is 17.7 Å². The van der Waals surface area contributed by atoms with Crippen LogP contribution in [0.3, 0.4) is 0 Å². The fraction of sp³-hybridized carbons (Fsp3) is 0.190. The highest BCUT2D eigenvalue weighted by Gasteiger charge is 2.03. The van der Waals surface area contributed by atoms with E-state index in [1.54, 1.807) is 36.4 Å². The minimum absolute atomic E-state index is 0.0242. The van der Waals surface area contributed by atoms with E-state index >= 15 is 0 Å². The van der Waals surface area contributed by atoms with Crippen LogP contribution in [0.15, 0.2) is 67.3 Å². The van der Waals surface area contributed by atoms with E-state index in [4.69, 9.17) is 5.26 Å². The third-order valence-electron chi connectivity index (χ3n) is 4.02. The first-order valence-electron chi connectivity index (χ1n) is 8.60. The molecule has 0 spiro atoms. The zero-order chi connectivity index (χ0) is 18.9. The monoisotopic (exact) mass is 376 g/mol. The quantitative estimate of drug-likeness (QED) is 0.654. The SMILES string of the molecule is N#Cc1ccc(CSCC(=O)NCc2ccc(Cn3ccnc3)cc2)cc1. The van der Waals surface area contributed by atoms with Crippen molar-refractivity contribution in [2.75, 3.05) is 5.75 Å². The second-order valence-corrected chi connectivity index (χ2v) is 7.12. The number of benzene rings is 2. The Hall–Kier alpha value is -3.04. The maximum absolute atomic E-state index is 12.0. The Labute approximate surface area is 163 Å². The Bertz CT molecular complexity index is 897. The van der Waals surface area contributed by atoms with Gasteiger partial charge >= 0.3 is 0 Å². The third-order valence-corrected chi connectivity index (χ3v) is 5.03. The summed E-state index contributed by atoms with van der Waals surface area (Å²) in [5, 5.41) is 11.7. The summed E-state index contributed by atoms with van der Waals surface area (Å²) in [6, 6.07) is 17.8. The zero-order valence-electron chi connectivity index (χ0n) is 14.8. The van der Waals surface area contributed by atoms with Gasteiger partial charge in [-0.1, -0.05) is 36.4 Å². The van der Waals surface area contributed by atoms with Gasteiger partial charge in [-0.15, -0.1) is 11.8 Å². The standard InChI is InChI=1S/C21H20N4OS/c22-11-17-1-7-20(8-2-17)14-27-15-21(26)24-12-18-3-5-19(6-4-18)13-25-10-9-23-16-25/h1-10,16H,12-15H2,(H,24,26). The highest BCUT2D eigenvalue weighted by atomic mass is 32.2. The lowest BCUT2D eigenvalue weighted by Crippen LogP contribution is -2.24. The molecule has 0 bridgehead atoms. The number of nitriles is 1. The van der Waals surface area contributed by atoms with Crippen LogP contribution in [0.4, 0.5) is 0 Å². The van der Waals surface area contributed by atoms with Gasteiger partial charge in [0.1, 0.15) is 0 Å². The van der Waals surface area contributed by atoms with Crippen molar-refractivity contribution in [2.24, 2.45) is 0 Å². The molecule has 0 atom stereocenters. The minimum atomic E-state index is 0.0242. The molecule has 0 fully saturated rings. The van der Waals surface area contributed by atoms with E-state index in [2.05, 4.69) is 28.5 Å². The van der Waals surface area contributed by atoms with Crippen LogP contribution >= 0.6 is 11.8 Å². The predicted molar refractivity (Wildman–Crippen MR) is 107 cm³/mol. The van der Waals surface area contributed by atoms with Gasteiger partial charge in [0.25, 0.3) is 0 Å². The molecule has 1 N–H and O–H groups in total. The number of hydrogen-bond acceptors (Lipinski definition) is 4. The highest BCUT2D eigenvalue weighted by Crippen LogP contribution is 2.13. The molecule has 0 aliphatic carbocycles. The fourth-order valence-electron chi connectivity index (χ4n) is 2.54. The van der Waals surface area contributed by atoms with E-state index < -0.39 is 0 Å². The lowest BCUT2D eigenvalue weighted by atomic mass is 10.1. The van der Waals surface area contributed by atoms with Crippen LogP contribution in [0.1, 0.15) is 22.3 Å². The first kappa shape index (κ1) is 18.7. The number of hydrogen-bond donors (Lipinski definition) is 1. The van der Waals surface area contributed by atoms with Gasteiger partial charge in [-0.25, -0.2) is 4.98 Å². The Morgan fingerprint density at radius 3 is 2.44 bits per heavy atom. The topological polar surface area (TPSA) is 70.7 Å². The number of thioether (sulfide) groups is 1. The van der Waals surface area contributed by atoms with Gasteiger partial charge in [-0.2, -0.15) is 5.26 Å². The van der Waals surface area contributed by atoms with Crippen LogP contribution in [0.25, 0.3) is 0 Å². The van der Waals surface area contributed by atoms with Gasteiger partial charge in [0, 0.05) is 31.2 Å². The predicted octanol–water partition coefficient (Wildman–Crippen LogP) is 3.35. The lowest BCUT2D eigenvalue weighted by molar-refractivity contribution is -0.118. The highest BCUT2D eigenvalue weighted by molar-refractivity contribution is 7.99. The summed E-state index contributed by atoms with van der Waals surface area (Å²) >= 11 is 1.56. The molecule has 1 heterocycles. The summed E-state index contributed by atoms with van der Waals surface area (Å²) < 4.78 is 2.02. The molecule has 27 heavy (non-hydrogen) atoms. The molecule has 2 aromatic carbocycles. The second kappa shape index (κ2) is 9.60. The average molecular weight is 376 g/mol. The molecule has 0 saturated heterocycles. The molecule has 6 heteroatoms. The van der Waals surface area contributed by atoms with Crippen LogP contribution < -0.4 is 5.32 Å². The van der Waals surface area contributed by atoms with Crippen molar-refractivity contribution in [1.29, 1.82) is 5.26 Å². The molecular formula is C21H20N4OS. The molecule has 1 aromatic heterocycles. The van der Waals surface area contributed by atoms with Crippen LogP contribution in [0, 0.1) is 11.3 Å². The summed E-state index contributed by atoms with van der Waals surface area (Å²) in [5.74, 6) is 1.19. The van der Waals surface area contributed by atoms with Gasteiger partial charge in [-0.3, -0.25) is 4.79 Å². The summed E-state index contributed by atoms with van der Waals surface area (Å²) in [4.78, 5) is 16.0. The number of amides is 1. The van der Waals surface area contributed by atoms with Crippen molar-refractivity contribution < 1.29 is 4.79 Å². The summed E-state index contributed by atoms with van der Waals surface area (Å²) in [7, 11) is 0. The van der Waals surface area contributed by atoms with E-state index in [9.17, 15) is 4.79 Å². The molecule has 3 aromatic rings. The number of nitrogens with zero attached hydrogens (tertiary/aromatic N) is 3. The molecule has 1 amide bonds. The maximum Gasteiger partial charge on any atom is 0.230 e. The van der Waals surface area contributed by atoms with E-state index in [1.807, 2.05) is 35.0 Å². The van der Waals surface area contributed by atoms with Crippen LogP contribution in [-0.2, 0) is 23.6 Å². The first-order chi connectivity index (χ1) is 13.2. The molecule has 0 aliphatic heterocycles. The van der Waals surface area contributed by atoms with Crippen LogP contribution in [0.5, 0.6) is 0 Å². The average Bonchev–Trinajstić information content (AvgIpc) is 3.21. The number of aromatic nitrogens is 2. The van der Waals surface area contributed by atoms with Crippen molar-refractivity contribution in [2.45, 2.75) is 18.8 Å². The maximum atomic E-state index is 12.0. The molecule has 136 valence electrons. The van der Waals surface area contributed by atoms with Gasteiger partial charge in [0.15, 0.2) is 0 Å². The van der Waals surface area contributed by atoms with Gasteiger partial charge in [0.05, 0.1) is 23.7 Å². The lowest BCUT2D eigenvalue weighted by Gasteiger charge is -2.07. The van der Waals surface area contributed by atoms with E-state index in [0.717, 1.165) is 23.4 Å². The van der Waals surface area contributed by atoms with E-state index in [0.29, 0.717) is 17.9 Å². The molecular weight excluding hydrogens is 356 g/mol. The van der Waals surface area contributed by atoms with Gasteiger partial charge in [-0.05, 0) is 28.8 Å². The zero-order valence-corrected chi connectivity index (χ0v) is 15.7. The van der Waals surface area contributed by atoms with Crippen molar-refractivity contribution in [3.05, 3.63) is 89.5 Å². The van der Waals surface area contributed by atoms with E-state index in [1.165, 1.54) is 5.56 Å². The molecule has 0 saturated carbocycles.